The van der Waals surface area contributed by atoms with Crippen molar-refractivity contribution >= 4 is 33.2 Å². The first kappa shape index (κ1) is 27.6. The molecule has 1 atom stereocenters. The third-order valence-electron chi connectivity index (χ3n) is 5.78. The fourth-order valence-corrected chi connectivity index (χ4v) is 5.24. The molecule has 0 aliphatic rings. The number of nitrogens with zero attached hydrogens (tertiary/aromatic N) is 1. The van der Waals surface area contributed by atoms with Crippen LogP contribution in [-0.2, 0) is 20.2 Å². The lowest BCUT2D eigenvalue weighted by molar-refractivity contribution is -0.120. The van der Waals surface area contributed by atoms with E-state index in [0.29, 0.717) is 23.1 Å². The monoisotopic (exact) mass is 528 g/mol. The summed E-state index contributed by atoms with van der Waals surface area (Å²) in [4.78, 5) is 13.1. The van der Waals surface area contributed by atoms with Crippen molar-refractivity contribution in [1.29, 1.82) is 0 Å². The van der Waals surface area contributed by atoms with Crippen molar-refractivity contribution in [2.75, 3.05) is 17.5 Å². The molecule has 0 saturated heterocycles. The summed E-state index contributed by atoms with van der Waals surface area (Å²) in [5.74, 6) is 0.190. The Morgan fingerprint density at radius 3 is 2.08 bits per heavy atom. The van der Waals surface area contributed by atoms with Gasteiger partial charge in [0.25, 0.3) is 10.0 Å². The van der Waals surface area contributed by atoms with Crippen LogP contribution in [0.4, 0.5) is 5.69 Å². The van der Waals surface area contributed by atoms with Crippen LogP contribution in [0.3, 0.4) is 0 Å². The standard InChI is InChI=1S/C28H33ClN2O4S/c1-6-35-25-15-13-24(14-16-25)31(36(33,34)26-17-11-23(29)12-18-26)19-27(32)30-20(2)21-7-9-22(10-8-21)28(3,4)5/h7-18,20H,6,19H2,1-5H3,(H,30,32)/t20-/m0/s1. The van der Waals surface area contributed by atoms with Crippen molar-refractivity contribution in [3.05, 3.63) is 88.9 Å². The molecule has 3 aromatic rings. The number of anilines is 1. The zero-order chi connectivity index (χ0) is 26.5. The predicted molar refractivity (Wildman–Crippen MR) is 145 cm³/mol. The van der Waals surface area contributed by atoms with Gasteiger partial charge in [0.15, 0.2) is 0 Å². The second-order valence-electron chi connectivity index (χ2n) is 9.55. The largest absolute Gasteiger partial charge is 0.494 e. The number of ether oxygens (including phenoxy) is 1. The van der Waals surface area contributed by atoms with Gasteiger partial charge < -0.3 is 10.1 Å². The number of halogens is 1. The molecule has 0 aliphatic heterocycles. The Kier molecular flexibility index (Phi) is 8.69. The van der Waals surface area contributed by atoms with Gasteiger partial charge >= 0.3 is 0 Å². The van der Waals surface area contributed by atoms with Crippen molar-refractivity contribution < 1.29 is 17.9 Å². The van der Waals surface area contributed by atoms with Crippen LogP contribution >= 0.6 is 11.6 Å². The Morgan fingerprint density at radius 1 is 0.972 bits per heavy atom. The van der Waals surface area contributed by atoms with E-state index < -0.39 is 15.9 Å². The normalized spacial score (nSPS) is 12.6. The fourth-order valence-electron chi connectivity index (χ4n) is 3.70. The molecule has 6 nitrogen and oxygen atoms in total. The maximum Gasteiger partial charge on any atom is 0.264 e. The molecular formula is C28H33ClN2O4S. The molecular weight excluding hydrogens is 496 g/mol. The predicted octanol–water partition coefficient (Wildman–Crippen LogP) is 6.11. The molecule has 3 rings (SSSR count). The topological polar surface area (TPSA) is 75.7 Å². The summed E-state index contributed by atoms with van der Waals surface area (Å²) in [6.45, 7) is 10.3. The van der Waals surface area contributed by atoms with Gasteiger partial charge in [-0.3, -0.25) is 9.10 Å². The number of carbonyl (C=O) groups is 1. The molecule has 0 aliphatic carbocycles. The van der Waals surface area contributed by atoms with Gasteiger partial charge in [0.05, 0.1) is 23.2 Å². The number of hydrogen-bond acceptors (Lipinski definition) is 4. The molecule has 0 saturated carbocycles. The van der Waals surface area contributed by atoms with E-state index in [1.54, 1.807) is 24.3 Å². The summed E-state index contributed by atoms with van der Waals surface area (Å²) in [6.07, 6.45) is 0. The van der Waals surface area contributed by atoms with Crippen molar-refractivity contribution in [1.82, 2.24) is 5.32 Å². The van der Waals surface area contributed by atoms with E-state index in [4.69, 9.17) is 16.3 Å². The second-order valence-corrected chi connectivity index (χ2v) is 11.9. The highest BCUT2D eigenvalue weighted by Crippen LogP contribution is 2.27. The molecule has 0 aromatic heterocycles. The first-order valence-corrected chi connectivity index (χ1v) is 13.6. The Labute approximate surface area is 219 Å². The van der Waals surface area contributed by atoms with E-state index in [9.17, 15) is 13.2 Å². The molecule has 192 valence electrons. The molecule has 1 amide bonds. The van der Waals surface area contributed by atoms with Gasteiger partial charge in [-0.05, 0) is 78.9 Å². The molecule has 1 N–H and O–H groups in total. The third-order valence-corrected chi connectivity index (χ3v) is 7.82. The highest BCUT2D eigenvalue weighted by molar-refractivity contribution is 7.92. The lowest BCUT2D eigenvalue weighted by Crippen LogP contribution is -2.41. The van der Waals surface area contributed by atoms with Crippen LogP contribution in [0.15, 0.2) is 77.7 Å². The van der Waals surface area contributed by atoms with Gasteiger partial charge in [-0.2, -0.15) is 0 Å². The first-order chi connectivity index (χ1) is 16.9. The Hall–Kier alpha value is -3.03. The van der Waals surface area contributed by atoms with Crippen LogP contribution in [0.1, 0.15) is 51.8 Å². The van der Waals surface area contributed by atoms with Gasteiger partial charge in [-0.1, -0.05) is 56.6 Å². The van der Waals surface area contributed by atoms with Crippen molar-refractivity contribution in [3.8, 4) is 5.75 Å². The third kappa shape index (κ3) is 6.80. The van der Waals surface area contributed by atoms with E-state index in [2.05, 4.69) is 38.2 Å². The summed E-state index contributed by atoms with van der Waals surface area (Å²) < 4.78 is 33.7. The molecule has 0 bridgehead atoms. The zero-order valence-electron chi connectivity index (χ0n) is 21.3. The Morgan fingerprint density at radius 2 is 1.56 bits per heavy atom. The molecule has 0 spiro atoms. The van der Waals surface area contributed by atoms with Crippen LogP contribution in [0, 0.1) is 0 Å². The lowest BCUT2D eigenvalue weighted by Gasteiger charge is -2.25. The zero-order valence-corrected chi connectivity index (χ0v) is 22.9. The van der Waals surface area contributed by atoms with E-state index in [1.165, 1.54) is 29.8 Å². The van der Waals surface area contributed by atoms with Gasteiger partial charge in [0.1, 0.15) is 12.3 Å². The van der Waals surface area contributed by atoms with Crippen molar-refractivity contribution in [2.45, 2.75) is 51.0 Å². The molecule has 8 heteroatoms. The lowest BCUT2D eigenvalue weighted by atomic mass is 9.86. The van der Waals surface area contributed by atoms with E-state index in [-0.39, 0.29) is 22.9 Å². The summed E-state index contributed by atoms with van der Waals surface area (Å²) in [5.41, 5.74) is 2.51. The smallest absolute Gasteiger partial charge is 0.264 e. The van der Waals surface area contributed by atoms with Crippen molar-refractivity contribution in [3.63, 3.8) is 0 Å². The van der Waals surface area contributed by atoms with E-state index in [1.807, 2.05) is 26.0 Å². The van der Waals surface area contributed by atoms with Crippen LogP contribution in [-0.4, -0.2) is 27.5 Å². The first-order valence-electron chi connectivity index (χ1n) is 11.8. The Balaban J connectivity index is 1.85. The summed E-state index contributed by atoms with van der Waals surface area (Å²) >= 11 is 5.95. The number of amides is 1. The average Bonchev–Trinajstić information content (AvgIpc) is 2.83. The number of carbonyl (C=O) groups excluding carboxylic acids is 1. The quantitative estimate of drug-likeness (QED) is 0.363. The van der Waals surface area contributed by atoms with Gasteiger partial charge in [0, 0.05) is 5.02 Å². The molecule has 0 fully saturated rings. The summed E-state index contributed by atoms with van der Waals surface area (Å²) in [7, 11) is -4.04. The minimum Gasteiger partial charge on any atom is -0.494 e. The minimum atomic E-state index is -4.04. The second kappa shape index (κ2) is 11.4. The highest BCUT2D eigenvalue weighted by atomic mass is 35.5. The molecule has 0 heterocycles. The molecule has 36 heavy (non-hydrogen) atoms. The SMILES string of the molecule is CCOc1ccc(N(CC(=O)N[C@@H](C)c2ccc(C(C)(C)C)cc2)S(=O)(=O)c2ccc(Cl)cc2)cc1. The van der Waals surface area contributed by atoms with Crippen LogP contribution < -0.4 is 14.4 Å². The minimum absolute atomic E-state index is 0.0270. The maximum absolute atomic E-state index is 13.5. The number of sulfonamides is 1. The Bertz CT molecular complexity index is 1270. The van der Waals surface area contributed by atoms with Crippen LogP contribution in [0.2, 0.25) is 5.02 Å². The van der Waals surface area contributed by atoms with Gasteiger partial charge in [-0.15, -0.1) is 0 Å². The van der Waals surface area contributed by atoms with Crippen LogP contribution in [0.5, 0.6) is 5.75 Å². The summed E-state index contributed by atoms with van der Waals surface area (Å²) in [6, 6.07) is 20.3. The molecule has 0 unspecified atom stereocenters. The number of nitrogens with one attached hydrogen (secondary N) is 1. The fraction of sp³-hybridized carbons (Fsp3) is 0.321. The van der Waals surface area contributed by atoms with Crippen molar-refractivity contribution in [2.24, 2.45) is 0 Å². The molecule has 3 aromatic carbocycles. The summed E-state index contributed by atoms with van der Waals surface area (Å²) in [5, 5.41) is 3.35. The van der Waals surface area contributed by atoms with E-state index >= 15 is 0 Å². The number of benzene rings is 3. The van der Waals surface area contributed by atoms with Gasteiger partial charge in [0.2, 0.25) is 5.91 Å². The number of hydrogen-bond donors (Lipinski definition) is 1. The maximum atomic E-state index is 13.5. The number of rotatable bonds is 9. The van der Waals surface area contributed by atoms with Crippen LogP contribution in [0.25, 0.3) is 0 Å². The molecule has 0 radical (unpaired) electrons. The average molecular weight is 529 g/mol. The highest BCUT2D eigenvalue weighted by Gasteiger charge is 2.28. The van der Waals surface area contributed by atoms with Gasteiger partial charge in [-0.25, -0.2) is 8.42 Å². The van der Waals surface area contributed by atoms with E-state index in [0.717, 1.165) is 9.87 Å².